The van der Waals surface area contributed by atoms with Gasteiger partial charge in [0.05, 0.1) is 16.6 Å². The number of aromatic nitrogens is 1. The van der Waals surface area contributed by atoms with Gasteiger partial charge >= 0.3 is 5.97 Å². The van der Waals surface area contributed by atoms with Gasteiger partial charge in [0, 0.05) is 0 Å². The minimum Gasteiger partial charge on any atom is -0.481 e. The molecule has 0 aliphatic heterocycles. The van der Waals surface area contributed by atoms with Gasteiger partial charge < -0.3 is 5.11 Å². The fourth-order valence-corrected chi connectivity index (χ4v) is 0.929. The Labute approximate surface area is 76.4 Å². The number of aliphatic carboxylic acids is 1. The Morgan fingerprint density at radius 1 is 1.67 bits per heavy atom. The van der Waals surface area contributed by atoms with E-state index in [-0.39, 0.29) is 16.6 Å². The molecule has 0 saturated heterocycles. The predicted molar refractivity (Wildman–Crippen MR) is 43.2 cm³/mol. The molecule has 0 atom stereocenters. The van der Waals surface area contributed by atoms with Crippen molar-refractivity contribution < 1.29 is 14.3 Å². The molecular weight excluding hydrogens is 229 g/mol. The van der Waals surface area contributed by atoms with E-state index in [4.69, 9.17) is 5.11 Å². The Hall–Kier alpha value is -0.970. The number of pyridine rings is 1. The van der Waals surface area contributed by atoms with Gasteiger partial charge in [-0.25, -0.2) is 4.98 Å². The topological polar surface area (TPSA) is 50.2 Å². The number of nitrogens with zero attached hydrogens (tertiary/aromatic N) is 1. The quantitative estimate of drug-likeness (QED) is 0.790. The third-order valence-electron chi connectivity index (χ3n) is 1.19. The van der Waals surface area contributed by atoms with Crippen molar-refractivity contribution in [1.29, 1.82) is 0 Å². The van der Waals surface area contributed by atoms with Crippen LogP contribution in [0.5, 0.6) is 0 Å². The first-order valence-electron chi connectivity index (χ1n) is 3.12. The van der Waals surface area contributed by atoms with E-state index >= 15 is 0 Å². The van der Waals surface area contributed by atoms with Crippen LogP contribution in [0.25, 0.3) is 0 Å². The lowest BCUT2D eigenvalue weighted by molar-refractivity contribution is -0.136. The molecule has 0 amide bonds. The highest BCUT2D eigenvalue weighted by Crippen LogP contribution is 2.13. The summed E-state index contributed by atoms with van der Waals surface area (Å²) in [5.41, 5.74) is 0.211. The minimum atomic E-state index is -1.02. The van der Waals surface area contributed by atoms with Gasteiger partial charge in [-0.3, -0.25) is 4.79 Å². The van der Waals surface area contributed by atoms with E-state index in [0.29, 0.717) is 0 Å². The molecule has 1 heterocycles. The average Bonchev–Trinajstić information content (AvgIpc) is 1.96. The standard InChI is InChI=1S/C7H5BrFNO2/c8-5-2-1-4(3-6(11)12)10-7(5)9/h1-2H,3H2,(H,11,12). The van der Waals surface area contributed by atoms with Gasteiger partial charge in [0.25, 0.3) is 0 Å². The van der Waals surface area contributed by atoms with Crippen molar-refractivity contribution in [3.63, 3.8) is 0 Å². The van der Waals surface area contributed by atoms with Crippen LogP contribution in [0, 0.1) is 5.95 Å². The minimum absolute atomic E-state index is 0.211. The van der Waals surface area contributed by atoms with Crippen LogP contribution in [-0.4, -0.2) is 16.1 Å². The normalized spacial score (nSPS) is 9.83. The fraction of sp³-hybridized carbons (Fsp3) is 0.143. The van der Waals surface area contributed by atoms with Crippen LogP contribution in [0.15, 0.2) is 16.6 Å². The SMILES string of the molecule is O=C(O)Cc1ccc(Br)c(F)n1. The van der Waals surface area contributed by atoms with Crippen molar-refractivity contribution in [1.82, 2.24) is 4.98 Å². The molecule has 1 aromatic heterocycles. The molecule has 5 heteroatoms. The van der Waals surface area contributed by atoms with E-state index in [0.717, 1.165) is 0 Å². The molecule has 3 nitrogen and oxygen atoms in total. The predicted octanol–water partition coefficient (Wildman–Crippen LogP) is 1.61. The van der Waals surface area contributed by atoms with E-state index in [1.54, 1.807) is 0 Å². The molecule has 12 heavy (non-hydrogen) atoms. The second-order valence-electron chi connectivity index (χ2n) is 2.15. The first-order valence-corrected chi connectivity index (χ1v) is 3.91. The van der Waals surface area contributed by atoms with Crippen molar-refractivity contribution >= 4 is 21.9 Å². The van der Waals surface area contributed by atoms with Gasteiger partial charge in [0.1, 0.15) is 0 Å². The summed E-state index contributed by atoms with van der Waals surface area (Å²) in [4.78, 5) is 13.6. The summed E-state index contributed by atoms with van der Waals surface area (Å²) >= 11 is 2.91. The fourth-order valence-electron chi connectivity index (χ4n) is 0.708. The van der Waals surface area contributed by atoms with Crippen molar-refractivity contribution in [2.75, 3.05) is 0 Å². The van der Waals surface area contributed by atoms with Crippen molar-refractivity contribution in [3.8, 4) is 0 Å². The first kappa shape index (κ1) is 9.12. The summed E-state index contributed by atoms with van der Waals surface area (Å²) in [6.07, 6.45) is -0.260. The lowest BCUT2D eigenvalue weighted by atomic mass is 10.3. The Morgan fingerprint density at radius 3 is 2.83 bits per heavy atom. The molecule has 0 aromatic carbocycles. The molecule has 64 valence electrons. The largest absolute Gasteiger partial charge is 0.481 e. The second-order valence-corrected chi connectivity index (χ2v) is 3.00. The maximum atomic E-state index is 12.7. The molecule has 0 bridgehead atoms. The lowest BCUT2D eigenvalue weighted by Gasteiger charge is -1.97. The summed E-state index contributed by atoms with van der Waals surface area (Å²) in [7, 11) is 0. The Kier molecular flexibility index (Phi) is 2.75. The monoisotopic (exact) mass is 233 g/mol. The molecule has 0 spiro atoms. The molecule has 1 aromatic rings. The number of carbonyl (C=O) groups is 1. The Bertz CT molecular complexity index is 316. The molecule has 1 rings (SSSR count). The zero-order chi connectivity index (χ0) is 9.14. The first-order chi connectivity index (χ1) is 5.59. The van der Waals surface area contributed by atoms with E-state index in [1.807, 2.05) is 0 Å². The molecular formula is C7H5BrFNO2. The molecule has 0 fully saturated rings. The van der Waals surface area contributed by atoms with Crippen LogP contribution in [0.4, 0.5) is 4.39 Å². The highest BCUT2D eigenvalue weighted by molar-refractivity contribution is 9.10. The van der Waals surface area contributed by atoms with E-state index in [1.165, 1.54) is 12.1 Å². The zero-order valence-corrected chi connectivity index (χ0v) is 7.51. The van der Waals surface area contributed by atoms with Gasteiger partial charge in [0.2, 0.25) is 5.95 Å². The summed E-state index contributed by atoms with van der Waals surface area (Å²) < 4.78 is 12.9. The summed E-state index contributed by atoms with van der Waals surface area (Å²) in [6, 6.07) is 2.89. The van der Waals surface area contributed by atoms with Crippen LogP contribution in [0.1, 0.15) is 5.69 Å². The van der Waals surface area contributed by atoms with Gasteiger partial charge in [-0.15, -0.1) is 0 Å². The maximum Gasteiger partial charge on any atom is 0.309 e. The zero-order valence-electron chi connectivity index (χ0n) is 5.92. The number of carboxylic acid groups (broad SMARTS) is 1. The lowest BCUT2D eigenvalue weighted by Crippen LogP contribution is -2.03. The van der Waals surface area contributed by atoms with Crippen molar-refractivity contribution in [3.05, 3.63) is 28.2 Å². The van der Waals surface area contributed by atoms with Gasteiger partial charge in [-0.2, -0.15) is 4.39 Å². The molecule has 0 saturated carbocycles. The summed E-state index contributed by atoms with van der Waals surface area (Å²) in [5.74, 6) is -1.71. The van der Waals surface area contributed by atoms with Crippen LogP contribution < -0.4 is 0 Å². The highest BCUT2D eigenvalue weighted by Gasteiger charge is 2.05. The van der Waals surface area contributed by atoms with E-state index < -0.39 is 11.9 Å². The molecule has 0 radical (unpaired) electrons. The summed E-state index contributed by atoms with van der Waals surface area (Å²) in [5, 5.41) is 8.35. The Morgan fingerprint density at radius 2 is 2.33 bits per heavy atom. The van der Waals surface area contributed by atoms with Gasteiger partial charge in [-0.05, 0) is 28.1 Å². The Balaban J connectivity index is 2.89. The van der Waals surface area contributed by atoms with Crippen molar-refractivity contribution in [2.45, 2.75) is 6.42 Å². The number of carboxylic acids is 1. The van der Waals surface area contributed by atoms with Gasteiger partial charge in [0.15, 0.2) is 0 Å². The number of hydrogen-bond acceptors (Lipinski definition) is 2. The van der Waals surface area contributed by atoms with Crippen LogP contribution >= 0.6 is 15.9 Å². The van der Waals surface area contributed by atoms with Crippen LogP contribution in [0.2, 0.25) is 0 Å². The second kappa shape index (κ2) is 3.62. The highest BCUT2D eigenvalue weighted by atomic mass is 79.9. The average molecular weight is 234 g/mol. The molecule has 1 N–H and O–H groups in total. The molecule has 0 unspecified atom stereocenters. The summed E-state index contributed by atoms with van der Waals surface area (Å²) in [6.45, 7) is 0. The third kappa shape index (κ3) is 2.27. The number of rotatable bonds is 2. The van der Waals surface area contributed by atoms with E-state index in [2.05, 4.69) is 20.9 Å². The maximum absolute atomic E-state index is 12.7. The van der Waals surface area contributed by atoms with Crippen molar-refractivity contribution in [2.24, 2.45) is 0 Å². The number of halogens is 2. The molecule has 0 aliphatic carbocycles. The number of hydrogen-bond donors (Lipinski definition) is 1. The van der Waals surface area contributed by atoms with Crippen LogP contribution in [0.3, 0.4) is 0 Å². The van der Waals surface area contributed by atoms with Crippen LogP contribution in [-0.2, 0) is 11.2 Å². The van der Waals surface area contributed by atoms with Gasteiger partial charge in [-0.1, -0.05) is 0 Å². The smallest absolute Gasteiger partial charge is 0.309 e. The third-order valence-corrected chi connectivity index (χ3v) is 1.78. The molecule has 0 aliphatic rings. The van der Waals surface area contributed by atoms with E-state index in [9.17, 15) is 9.18 Å².